The highest BCUT2D eigenvalue weighted by Gasteiger charge is 2.13. The van der Waals surface area contributed by atoms with Gasteiger partial charge in [0.05, 0.1) is 11.3 Å². The molecule has 3 rings (SSSR count). The quantitative estimate of drug-likeness (QED) is 0.483. The van der Waals surface area contributed by atoms with Crippen LogP contribution in [-0.2, 0) is 17.6 Å². The molecule has 154 valence electrons. The first kappa shape index (κ1) is 21.9. The molecule has 3 aromatic carbocycles. The van der Waals surface area contributed by atoms with E-state index in [2.05, 4.69) is 10.6 Å². The van der Waals surface area contributed by atoms with Gasteiger partial charge in [0.25, 0.3) is 5.91 Å². The zero-order valence-corrected chi connectivity index (χ0v) is 17.8. The Bertz CT molecular complexity index is 1020. The van der Waals surface area contributed by atoms with Crippen molar-refractivity contribution in [1.82, 2.24) is 5.32 Å². The molecule has 0 heterocycles. The minimum absolute atomic E-state index is 0.189. The number of carbonyl (C=O) groups excluding carboxylic acids is 2. The van der Waals surface area contributed by atoms with Crippen LogP contribution in [-0.4, -0.2) is 18.4 Å². The van der Waals surface area contributed by atoms with Crippen LogP contribution in [0.5, 0.6) is 0 Å². The Balaban J connectivity index is 1.56. The maximum atomic E-state index is 12.6. The third-order valence-electron chi connectivity index (χ3n) is 4.62. The minimum atomic E-state index is -0.220. The molecule has 0 aromatic heterocycles. The van der Waals surface area contributed by atoms with Crippen molar-refractivity contribution in [3.8, 4) is 0 Å². The van der Waals surface area contributed by atoms with Crippen LogP contribution in [0.15, 0.2) is 72.8 Å². The van der Waals surface area contributed by atoms with E-state index in [1.54, 1.807) is 36.4 Å². The lowest BCUT2D eigenvalue weighted by atomic mass is 10.1. The molecule has 3 aromatic rings. The van der Waals surface area contributed by atoms with Gasteiger partial charge in [-0.25, -0.2) is 0 Å². The molecule has 0 saturated heterocycles. The van der Waals surface area contributed by atoms with Gasteiger partial charge in [-0.3, -0.25) is 9.59 Å². The fourth-order valence-corrected chi connectivity index (χ4v) is 3.54. The van der Waals surface area contributed by atoms with Gasteiger partial charge in [0.2, 0.25) is 5.91 Å². The van der Waals surface area contributed by atoms with Gasteiger partial charge in [0.1, 0.15) is 0 Å². The number of rotatable bonds is 8. The van der Waals surface area contributed by atoms with Gasteiger partial charge in [-0.2, -0.15) is 0 Å². The summed E-state index contributed by atoms with van der Waals surface area (Å²) in [5.41, 5.74) is 2.92. The number of amides is 2. The second-order valence-electron chi connectivity index (χ2n) is 6.82. The highest BCUT2D eigenvalue weighted by atomic mass is 35.5. The first-order valence-electron chi connectivity index (χ1n) is 9.68. The second kappa shape index (κ2) is 10.8. The maximum Gasteiger partial charge on any atom is 0.253 e. The highest BCUT2D eigenvalue weighted by Crippen LogP contribution is 2.22. The van der Waals surface area contributed by atoms with Crippen LogP contribution in [0, 0.1) is 0 Å². The molecule has 30 heavy (non-hydrogen) atoms. The molecule has 0 aliphatic carbocycles. The normalized spacial score (nSPS) is 10.5. The largest absolute Gasteiger partial charge is 0.352 e. The average molecular weight is 441 g/mol. The molecule has 0 unspecified atom stereocenters. The third kappa shape index (κ3) is 6.34. The van der Waals surface area contributed by atoms with E-state index >= 15 is 0 Å². The van der Waals surface area contributed by atoms with E-state index in [1.807, 2.05) is 36.4 Å². The van der Waals surface area contributed by atoms with Crippen LogP contribution in [0.2, 0.25) is 10.0 Å². The topological polar surface area (TPSA) is 58.2 Å². The van der Waals surface area contributed by atoms with Crippen LogP contribution in [0.1, 0.15) is 27.9 Å². The van der Waals surface area contributed by atoms with Crippen molar-refractivity contribution < 1.29 is 9.59 Å². The Kier molecular flexibility index (Phi) is 7.89. The summed E-state index contributed by atoms with van der Waals surface area (Å²) < 4.78 is 0. The van der Waals surface area contributed by atoms with Gasteiger partial charge < -0.3 is 10.6 Å². The van der Waals surface area contributed by atoms with Crippen molar-refractivity contribution in [2.75, 3.05) is 11.9 Å². The molecule has 0 saturated carbocycles. The Labute approximate surface area is 186 Å². The third-order valence-corrected chi connectivity index (χ3v) is 5.21. The molecule has 2 N–H and O–H groups in total. The lowest BCUT2D eigenvalue weighted by Crippen LogP contribution is -2.27. The number of para-hydroxylation sites is 1. The number of benzene rings is 3. The zero-order chi connectivity index (χ0) is 21.3. The average Bonchev–Trinajstić information content (AvgIpc) is 2.74. The molecular weight excluding hydrogens is 419 g/mol. The van der Waals surface area contributed by atoms with E-state index in [1.165, 1.54) is 0 Å². The molecule has 4 nitrogen and oxygen atoms in total. The Hall–Kier alpha value is -2.82. The monoisotopic (exact) mass is 440 g/mol. The first-order chi connectivity index (χ1) is 14.5. The fraction of sp³-hybridized carbons (Fsp3) is 0.167. The summed E-state index contributed by atoms with van der Waals surface area (Å²) in [6, 6.07) is 22.1. The standard InChI is InChI=1S/C24H22Cl2N2O2/c25-19-12-10-18(21(26)16-19)11-13-23(29)28-22-9-5-4-8-20(22)24(30)27-15-14-17-6-2-1-3-7-17/h1-10,12,16H,11,13-15H2,(H,27,30)(H,28,29). The number of hydrogen-bond donors (Lipinski definition) is 2. The predicted molar refractivity (Wildman–Crippen MR) is 122 cm³/mol. The highest BCUT2D eigenvalue weighted by molar-refractivity contribution is 6.35. The second-order valence-corrected chi connectivity index (χ2v) is 7.66. The van der Waals surface area contributed by atoms with Crippen molar-refractivity contribution in [2.24, 2.45) is 0 Å². The molecule has 0 aliphatic rings. The van der Waals surface area contributed by atoms with Crippen molar-refractivity contribution in [2.45, 2.75) is 19.3 Å². The minimum Gasteiger partial charge on any atom is -0.352 e. The fourth-order valence-electron chi connectivity index (χ4n) is 3.04. The van der Waals surface area contributed by atoms with Crippen molar-refractivity contribution in [1.29, 1.82) is 0 Å². The number of nitrogens with one attached hydrogen (secondary N) is 2. The summed E-state index contributed by atoms with van der Waals surface area (Å²) in [7, 11) is 0. The Morgan fingerprint density at radius 2 is 1.57 bits per heavy atom. The van der Waals surface area contributed by atoms with Crippen LogP contribution in [0.3, 0.4) is 0 Å². The molecule has 6 heteroatoms. The summed E-state index contributed by atoms with van der Waals surface area (Å²) in [6.07, 6.45) is 1.46. The molecular formula is C24H22Cl2N2O2. The Morgan fingerprint density at radius 3 is 2.33 bits per heavy atom. The Morgan fingerprint density at radius 1 is 0.833 bits per heavy atom. The van der Waals surface area contributed by atoms with Gasteiger partial charge in [-0.1, -0.05) is 71.7 Å². The summed E-state index contributed by atoms with van der Waals surface area (Å²) in [5, 5.41) is 6.83. The molecule has 0 aliphatic heterocycles. The molecule has 2 amide bonds. The van der Waals surface area contributed by atoms with Crippen LogP contribution >= 0.6 is 23.2 Å². The van der Waals surface area contributed by atoms with E-state index in [9.17, 15) is 9.59 Å². The molecule has 0 bridgehead atoms. The van der Waals surface area contributed by atoms with E-state index in [0.717, 1.165) is 17.5 Å². The van der Waals surface area contributed by atoms with Crippen LogP contribution in [0.4, 0.5) is 5.69 Å². The molecule has 0 atom stereocenters. The summed E-state index contributed by atoms with van der Waals surface area (Å²) in [5.74, 6) is -0.409. The smallest absolute Gasteiger partial charge is 0.253 e. The first-order valence-corrected chi connectivity index (χ1v) is 10.4. The lowest BCUT2D eigenvalue weighted by molar-refractivity contribution is -0.116. The maximum absolute atomic E-state index is 12.6. The summed E-state index contributed by atoms with van der Waals surface area (Å²) >= 11 is 12.1. The van der Waals surface area contributed by atoms with Gasteiger partial charge in [0, 0.05) is 23.0 Å². The van der Waals surface area contributed by atoms with Crippen molar-refractivity contribution in [3.05, 3.63) is 99.5 Å². The molecule has 0 radical (unpaired) electrons. The van der Waals surface area contributed by atoms with Gasteiger partial charge in [0.15, 0.2) is 0 Å². The van der Waals surface area contributed by atoms with Crippen LogP contribution in [0.25, 0.3) is 0 Å². The lowest BCUT2D eigenvalue weighted by Gasteiger charge is -2.12. The van der Waals surface area contributed by atoms with E-state index < -0.39 is 0 Å². The van der Waals surface area contributed by atoms with Crippen molar-refractivity contribution >= 4 is 40.7 Å². The van der Waals surface area contributed by atoms with Gasteiger partial charge in [-0.05, 0) is 48.2 Å². The van der Waals surface area contributed by atoms with Crippen LogP contribution < -0.4 is 10.6 Å². The summed E-state index contributed by atoms with van der Waals surface area (Å²) in [6.45, 7) is 0.514. The summed E-state index contributed by atoms with van der Waals surface area (Å²) in [4.78, 5) is 25.0. The van der Waals surface area contributed by atoms with Crippen molar-refractivity contribution in [3.63, 3.8) is 0 Å². The van der Waals surface area contributed by atoms with E-state index in [4.69, 9.17) is 23.2 Å². The molecule has 0 spiro atoms. The van der Waals surface area contributed by atoms with Gasteiger partial charge >= 0.3 is 0 Å². The number of halogens is 2. The molecule has 0 fully saturated rings. The SMILES string of the molecule is O=C(CCc1ccc(Cl)cc1Cl)Nc1ccccc1C(=O)NCCc1ccccc1. The number of anilines is 1. The number of hydrogen-bond acceptors (Lipinski definition) is 2. The van der Waals surface area contributed by atoms with E-state index in [0.29, 0.717) is 34.3 Å². The number of aryl methyl sites for hydroxylation is 1. The van der Waals surface area contributed by atoms with E-state index in [-0.39, 0.29) is 18.2 Å². The predicted octanol–water partition coefficient (Wildman–Crippen LogP) is 5.54. The van der Waals surface area contributed by atoms with Gasteiger partial charge in [-0.15, -0.1) is 0 Å². The number of carbonyl (C=O) groups is 2. The zero-order valence-electron chi connectivity index (χ0n) is 16.3.